The van der Waals surface area contributed by atoms with Crippen molar-refractivity contribution in [3.05, 3.63) is 42.0 Å². The van der Waals surface area contributed by atoms with Gasteiger partial charge in [0.25, 0.3) is 10.1 Å². The average Bonchev–Trinajstić information content (AvgIpc) is 2.27. The predicted octanol–water partition coefficient (Wildman–Crippen LogP) is 3.21. The number of benzene rings is 1. The fourth-order valence-corrected chi connectivity index (χ4v) is 2.14. The van der Waals surface area contributed by atoms with Gasteiger partial charge >= 0.3 is 6.18 Å². The molecule has 0 saturated heterocycles. The average molecular weight is 294 g/mol. The van der Waals surface area contributed by atoms with Gasteiger partial charge in [-0.15, -0.1) is 0 Å². The smallest absolute Gasteiger partial charge is 0.266 e. The van der Waals surface area contributed by atoms with E-state index in [0.717, 1.165) is 11.6 Å². The van der Waals surface area contributed by atoms with Crippen LogP contribution >= 0.6 is 0 Å². The number of aryl methyl sites for hydroxylation is 1. The number of halogens is 3. The van der Waals surface area contributed by atoms with Crippen molar-refractivity contribution < 1.29 is 25.8 Å². The summed E-state index contributed by atoms with van der Waals surface area (Å²) in [7, 11) is -3.91. The Hall–Kier alpha value is -1.34. The summed E-state index contributed by atoms with van der Waals surface area (Å²) in [6, 6.07) is 5.99. The predicted molar refractivity (Wildman–Crippen MR) is 64.1 cm³/mol. The summed E-state index contributed by atoms with van der Waals surface area (Å²) >= 11 is 0. The lowest BCUT2D eigenvalue weighted by molar-refractivity contribution is -0.0800. The summed E-state index contributed by atoms with van der Waals surface area (Å²) < 4.78 is 63.2. The highest BCUT2D eigenvalue weighted by atomic mass is 32.2. The zero-order valence-corrected chi connectivity index (χ0v) is 11.0. The number of allylic oxidation sites excluding steroid dienone is 1. The van der Waals surface area contributed by atoms with Gasteiger partial charge in [0.05, 0.1) is 11.5 Å². The molecule has 0 heterocycles. The molecule has 19 heavy (non-hydrogen) atoms. The summed E-state index contributed by atoms with van der Waals surface area (Å²) in [6.45, 7) is 1.47. The Labute approximate surface area is 109 Å². The van der Waals surface area contributed by atoms with Crippen molar-refractivity contribution in [2.24, 2.45) is 0 Å². The molecular weight excluding hydrogens is 281 g/mol. The van der Waals surface area contributed by atoms with Gasteiger partial charge in [-0.05, 0) is 25.5 Å². The van der Waals surface area contributed by atoms with Crippen LogP contribution in [0.25, 0.3) is 0 Å². The topological polar surface area (TPSA) is 43.4 Å². The molecule has 0 aromatic heterocycles. The monoisotopic (exact) mass is 294 g/mol. The fraction of sp³-hybridized carbons (Fsp3) is 0.333. The van der Waals surface area contributed by atoms with Crippen molar-refractivity contribution in [3.8, 4) is 0 Å². The molecule has 1 aromatic carbocycles. The van der Waals surface area contributed by atoms with Gasteiger partial charge in [0.2, 0.25) is 0 Å². The van der Waals surface area contributed by atoms with Crippen LogP contribution in [0.5, 0.6) is 0 Å². The Morgan fingerprint density at radius 3 is 2.32 bits per heavy atom. The van der Waals surface area contributed by atoms with Crippen molar-refractivity contribution in [2.75, 3.05) is 6.61 Å². The number of hydrogen-bond acceptors (Lipinski definition) is 3. The van der Waals surface area contributed by atoms with Crippen LogP contribution in [-0.2, 0) is 14.3 Å². The van der Waals surface area contributed by atoms with E-state index in [1.165, 1.54) is 12.1 Å². The van der Waals surface area contributed by atoms with Gasteiger partial charge in [0.15, 0.2) is 0 Å². The van der Waals surface area contributed by atoms with Crippen LogP contribution in [-0.4, -0.2) is 21.2 Å². The molecule has 0 radical (unpaired) electrons. The van der Waals surface area contributed by atoms with Gasteiger partial charge in [-0.25, -0.2) is 0 Å². The number of hydrogen-bond donors (Lipinski definition) is 0. The van der Waals surface area contributed by atoms with E-state index < -0.39 is 16.3 Å². The highest BCUT2D eigenvalue weighted by molar-refractivity contribution is 7.86. The molecule has 0 bridgehead atoms. The summed E-state index contributed by atoms with van der Waals surface area (Å²) in [5, 5.41) is 0. The normalized spacial score (nSPS) is 13.1. The zero-order valence-electron chi connectivity index (χ0n) is 10.1. The second-order valence-electron chi connectivity index (χ2n) is 3.82. The molecule has 1 rings (SSSR count). The molecule has 0 fully saturated rings. The Morgan fingerprint density at radius 1 is 1.21 bits per heavy atom. The first-order valence-corrected chi connectivity index (χ1v) is 6.82. The summed E-state index contributed by atoms with van der Waals surface area (Å²) in [5.74, 6) is 0. The Balaban J connectivity index is 2.53. The third kappa shape index (κ3) is 5.89. The largest absolute Gasteiger partial charge is 0.409 e. The lowest BCUT2D eigenvalue weighted by Crippen LogP contribution is -2.07. The third-order valence-corrected chi connectivity index (χ3v) is 3.47. The molecule has 7 heteroatoms. The van der Waals surface area contributed by atoms with Gasteiger partial charge in [0, 0.05) is 6.08 Å². The Bertz CT molecular complexity index is 530. The van der Waals surface area contributed by atoms with Crippen LogP contribution in [0.4, 0.5) is 13.2 Å². The maximum absolute atomic E-state index is 11.8. The summed E-state index contributed by atoms with van der Waals surface area (Å²) in [4.78, 5) is -0.0158. The van der Waals surface area contributed by atoms with Crippen molar-refractivity contribution in [3.63, 3.8) is 0 Å². The standard InChI is InChI=1S/C12H13F3O3S/c1-10-4-6-11(7-5-10)19(16,17)18-9-3-2-8-12(13,14)15/h2,4-8H,3,9H2,1H3/b8-2+. The first-order valence-electron chi connectivity index (χ1n) is 5.41. The SMILES string of the molecule is Cc1ccc(S(=O)(=O)OCC/C=C/C(F)(F)F)cc1. The van der Waals surface area contributed by atoms with E-state index >= 15 is 0 Å². The second kappa shape index (κ2) is 6.21. The molecule has 0 atom stereocenters. The summed E-state index contributed by atoms with van der Waals surface area (Å²) in [5.41, 5.74) is 0.895. The molecule has 0 N–H and O–H groups in total. The van der Waals surface area contributed by atoms with Crippen LogP contribution in [0.2, 0.25) is 0 Å². The molecule has 0 aliphatic rings. The Morgan fingerprint density at radius 2 is 1.79 bits per heavy atom. The van der Waals surface area contributed by atoms with Crippen LogP contribution < -0.4 is 0 Å². The molecular formula is C12H13F3O3S. The second-order valence-corrected chi connectivity index (χ2v) is 5.44. The highest BCUT2D eigenvalue weighted by Gasteiger charge is 2.21. The van der Waals surface area contributed by atoms with Gasteiger partial charge in [-0.1, -0.05) is 23.8 Å². The molecule has 0 amide bonds. The van der Waals surface area contributed by atoms with Crippen molar-refractivity contribution in [1.29, 1.82) is 0 Å². The van der Waals surface area contributed by atoms with Crippen LogP contribution in [0.1, 0.15) is 12.0 Å². The first kappa shape index (κ1) is 15.7. The van der Waals surface area contributed by atoms with Crippen LogP contribution in [0.15, 0.2) is 41.3 Å². The molecule has 3 nitrogen and oxygen atoms in total. The fourth-order valence-electron chi connectivity index (χ4n) is 1.22. The minimum Gasteiger partial charge on any atom is -0.266 e. The number of alkyl halides is 3. The van der Waals surface area contributed by atoms with Gasteiger partial charge in [0.1, 0.15) is 0 Å². The minimum atomic E-state index is -4.39. The molecule has 0 aliphatic heterocycles. The molecule has 106 valence electrons. The first-order chi connectivity index (χ1) is 8.71. The maximum Gasteiger partial charge on any atom is 0.409 e. The van der Waals surface area contributed by atoms with E-state index in [4.69, 9.17) is 0 Å². The molecule has 0 spiro atoms. The van der Waals surface area contributed by atoms with Gasteiger partial charge in [-0.2, -0.15) is 21.6 Å². The third-order valence-electron chi connectivity index (χ3n) is 2.14. The minimum absolute atomic E-state index is 0.0158. The van der Waals surface area contributed by atoms with Crippen LogP contribution in [0, 0.1) is 6.92 Å². The quantitative estimate of drug-likeness (QED) is 0.476. The van der Waals surface area contributed by atoms with E-state index in [2.05, 4.69) is 4.18 Å². The molecule has 0 saturated carbocycles. The van der Waals surface area contributed by atoms with Gasteiger partial charge < -0.3 is 0 Å². The Kier molecular flexibility index (Phi) is 5.13. The lowest BCUT2D eigenvalue weighted by Gasteiger charge is -2.04. The van der Waals surface area contributed by atoms with Crippen molar-refractivity contribution in [2.45, 2.75) is 24.4 Å². The molecule has 0 aliphatic carbocycles. The van der Waals surface area contributed by atoms with Gasteiger partial charge in [-0.3, -0.25) is 4.18 Å². The van der Waals surface area contributed by atoms with Crippen molar-refractivity contribution in [1.82, 2.24) is 0 Å². The van der Waals surface area contributed by atoms with E-state index in [0.29, 0.717) is 0 Å². The zero-order chi connectivity index (χ0) is 14.5. The number of rotatable bonds is 5. The van der Waals surface area contributed by atoms with Crippen LogP contribution in [0.3, 0.4) is 0 Å². The van der Waals surface area contributed by atoms with E-state index in [9.17, 15) is 21.6 Å². The summed E-state index contributed by atoms with van der Waals surface area (Å²) in [6.07, 6.45) is -3.65. The highest BCUT2D eigenvalue weighted by Crippen LogP contribution is 2.17. The lowest BCUT2D eigenvalue weighted by atomic mass is 10.2. The maximum atomic E-state index is 11.8. The van der Waals surface area contributed by atoms with Crippen molar-refractivity contribution >= 4 is 10.1 Å². The van der Waals surface area contributed by atoms with E-state index in [1.807, 2.05) is 0 Å². The molecule has 0 unspecified atom stereocenters. The van der Waals surface area contributed by atoms with E-state index in [1.54, 1.807) is 19.1 Å². The van der Waals surface area contributed by atoms with E-state index in [-0.39, 0.29) is 24.0 Å². The molecule has 1 aromatic rings.